The Morgan fingerprint density at radius 2 is 1.95 bits per heavy atom. The number of Topliss-reactive ketones (excluding diaryl/α,β-unsaturated/α-hetero) is 1. The summed E-state index contributed by atoms with van der Waals surface area (Å²) in [6.07, 6.45) is 0.0194. The number of fused-ring (bicyclic) bond motifs is 1. The molecule has 1 aliphatic rings. The average Bonchev–Trinajstić information content (AvgIpc) is 2.43. The van der Waals surface area contributed by atoms with Gasteiger partial charge in [-0.15, -0.1) is 12.4 Å². The zero-order chi connectivity index (χ0) is 14.0. The van der Waals surface area contributed by atoms with Gasteiger partial charge in [-0.05, 0) is 6.07 Å². The number of halogens is 1. The monoisotopic (exact) mass is 298 g/mol. The van der Waals surface area contributed by atoms with Crippen molar-refractivity contribution in [3.63, 3.8) is 0 Å². The molecule has 6 nitrogen and oxygen atoms in total. The summed E-state index contributed by atoms with van der Waals surface area (Å²) in [4.78, 5) is 35.3. The maximum Gasteiger partial charge on any atom is 0.322 e. The maximum atomic E-state index is 12.2. The van der Waals surface area contributed by atoms with E-state index in [-0.39, 0.29) is 30.5 Å². The zero-order valence-corrected chi connectivity index (χ0v) is 11.6. The minimum absolute atomic E-state index is 0. The van der Waals surface area contributed by atoms with Crippen LogP contribution >= 0.6 is 12.4 Å². The normalized spacial score (nSPS) is 18.4. The predicted octanol–water partition coefficient (Wildman–Crippen LogP) is 0.294. The molecule has 0 spiro atoms. The van der Waals surface area contributed by atoms with Crippen molar-refractivity contribution in [2.45, 2.75) is 18.5 Å². The summed E-state index contributed by atoms with van der Waals surface area (Å²) in [6, 6.07) is 4.81. The van der Waals surface area contributed by atoms with E-state index in [1.807, 2.05) is 0 Å². The Morgan fingerprint density at radius 1 is 1.35 bits per heavy atom. The number of carbonyl (C=O) groups excluding carboxylic acids is 3. The Morgan fingerprint density at radius 3 is 2.55 bits per heavy atom. The number of ether oxygens (including phenoxy) is 1. The lowest BCUT2D eigenvalue weighted by Crippen LogP contribution is -2.50. The highest BCUT2D eigenvalue weighted by atomic mass is 35.5. The second kappa shape index (κ2) is 6.49. The molecule has 1 amide bonds. The molecule has 108 valence electrons. The van der Waals surface area contributed by atoms with Gasteiger partial charge in [0, 0.05) is 12.0 Å². The molecule has 2 unspecified atom stereocenters. The SMILES string of the molecule is COC(=O)C(N)CC1NC(=O)c2ccccc2C1=O.Cl. The summed E-state index contributed by atoms with van der Waals surface area (Å²) in [7, 11) is 1.22. The number of ketones is 1. The Bertz CT molecular complexity index is 547. The number of carbonyl (C=O) groups is 3. The van der Waals surface area contributed by atoms with Crippen molar-refractivity contribution in [2.75, 3.05) is 7.11 Å². The van der Waals surface area contributed by atoms with Crippen LogP contribution in [0.5, 0.6) is 0 Å². The van der Waals surface area contributed by atoms with Gasteiger partial charge in [0.05, 0.1) is 18.7 Å². The largest absolute Gasteiger partial charge is 0.468 e. The molecule has 1 aliphatic heterocycles. The third-order valence-electron chi connectivity index (χ3n) is 3.05. The molecule has 1 aromatic carbocycles. The molecule has 0 aromatic heterocycles. The summed E-state index contributed by atoms with van der Waals surface area (Å²) in [5, 5.41) is 2.56. The smallest absolute Gasteiger partial charge is 0.322 e. The fourth-order valence-electron chi connectivity index (χ4n) is 2.05. The zero-order valence-electron chi connectivity index (χ0n) is 10.8. The molecule has 0 saturated heterocycles. The minimum Gasteiger partial charge on any atom is -0.468 e. The number of rotatable bonds is 3. The van der Waals surface area contributed by atoms with E-state index in [0.717, 1.165) is 0 Å². The van der Waals surface area contributed by atoms with Crippen molar-refractivity contribution in [1.82, 2.24) is 5.32 Å². The number of hydrogen-bond donors (Lipinski definition) is 2. The second-order valence-electron chi connectivity index (χ2n) is 4.30. The molecule has 2 atom stereocenters. The van der Waals surface area contributed by atoms with Crippen LogP contribution in [-0.2, 0) is 9.53 Å². The Balaban J connectivity index is 0.00000200. The lowest BCUT2D eigenvalue weighted by atomic mass is 9.90. The summed E-state index contributed by atoms with van der Waals surface area (Å²) in [6.45, 7) is 0. The van der Waals surface area contributed by atoms with E-state index in [0.29, 0.717) is 11.1 Å². The highest BCUT2D eigenvalue weighted by Crippen LogP contribution is 2.18. The third kappa shape index (κ3) is 2.97. The number of nitrogens with one attached hydrogen (secondary N) is 1. The summed E-state index contributed by atoms with van der Waals surface area (Å²) < 4.78 is 4.50. The number of hydrogen-bond acceptors (Lipinski definition) is 5. The van der Waals surface area contributed by atoms with Gasteiger partial charge in [-0.3, -0.25) is 14.4 Å². The first-order valence-corrected chi connectivity index (χ1v) is 5.82. The average molecular weight is 299 g/mol. The topological polar surface area (TPSA) is 98.5 Å². The van der Waals surface area contributed by atoms with Crippen molar-refractivity contribution in [3.8, 4) is 0 Å². The summed E-state index contributed by atoms with van der Waals surface area (Å²) >= 11 is 0. The van der Waals surface area contributed by atoms with Gasteiger partial charge < -0.3 is 15.8 Å². The number of nitrogens with two attached hydrogens (primary N) is 1. The van der Waals surface area contributed by atoms with Gasteiger partial charge in [0.25, 0.3) is 5.91 Å². The first-order chi connectivity index (χ1) is 9.04. The molecule has 0 fully saturated rings. The fraction of sp³-hybridized carbons (Fsp3) is 0.308. The van der Waals surface area contributed by atoms with Crippen LogP contribution in [-0.4, -0.2) is 36.9 Å². The van der Waals surface area contributed by atoms with Gasteiger partial charge in [0.2, 0.25) is 0 Å². The van der Waals surface area contributed by atoms with E-state index in [4.69, 9.17) is 5.73 Å². The maximum absolute atomic E-state index is 12.2. The molecular formula is C13H15ClN2O4. The number of methoxy groups -OCH3 is 1. The summed E-state index contributed by atoms with van der Waals surface area (Å²) in [5.41, 5.74) is 6.31. The first-order valence-electron chi connectivity index (χ1n) is 5.82. The molecule has 2 rings (SSSR count). The van der Waals surface area contributed by atoms with E-state index < -0.39 is 18.1 Å². The molecular weight excluding hydrogens is 284 g/mol. The van der Waals surface area contributed by atoms with Crippen molar-refractivity contribution in [3.05, 3.63) is 35.4 Å². The second-order valence-corrected chi connectivity index (χ2v) is 4.30. The van der Waals surface area contributed by atoms with E-state index in [1.54, 1.807) is 24.3 Å². The molecule has 3 N–H and O–H groups in total. The van der Waals surface area contributed by atoms with E-state index in [2.05, 4.69) is 10.1 Å². The lowest BCUT2D eigenvalue weighted by molar-refractivity contribution is -0.142. The number of amides is 1. The van der Waals surface area contributed by atoms with Gasteiger partial charge in [0.15, 0.2) is 5.78 Å². The molecule has 1 heterocycles. The molecule has 0 radical (unpaired) electrons. The van der Waals surface area contributed by atoms with Crippen LogP contribution in [0.3, 0.4) is 0 Å². The van der Waals surface area contributed by atoms with Crippen LogP contribution in [0.1, 0.15) is 27.1 Å². The van der Waals surface area contributed by atoms with Crippen molar-refractivity contribution in [1.29, 1.82) is 0 Å². The van der Waals surface area contributed by atoms with Crippen LogP contribution in [0, 0.1) is 0 Å². The summed E-state index contributed by atoms with van der Waals surface area (Å²) in [5.74, 6) is -1.19. The van der Waals surface area contributed by atoms with Crippen LogP contribution in [0.15, 0.2) is 24.3 Å². The molecule has 1 aromatic rings. The quantitative estimate of drug-likeness (QED) is 0.782. The fourth-order valence-corrected chi connectivity index (χ4v) is 2.05. The number of benzene rings is 1. The van der Waals surface area contributed by atoms with E-state index in [1.165, 1.54) is 7.11 Å². The van der Waals surface area contributed by atoms with Gasteiger partial charge in [-0.25, -0.2) is 0 Å². The molecule has 7 heteroatoms. The standard InChI is InChI=1S/C13H14N2O4.ClH/c1-19-13(18)9(14)6-10-11(16)7-4-2-3-5-8(7)12(17)15-10;/h2-5,9-10H,6,14H2,1H3,(H,15,17);1H. The number of esters is 1. The predicted molar refractivity (Wildman–Crippen MR) is 73.9 cm³/mol. The molecule has 20 heavy (non-hydrogen) atoms. The lowest BCUT2D eigenvalue weighted by Gasteiger charge is -2.25. The van der Waals surface area contributed by atoms with Gasteiger partial charge in [-0.1, -0.05) is 18.2 Å². The Labute approximate surface area is 122 Å². The van der Waals surface area contributed by atoms with Crippen LogP contribution in [0.25, 0.3) is 0 Å². The Hall–Kier alpha value is -1.92. The molecule has 0 bridgehead atoms. The van der Waals surface area contributed by atoms with Crippen LogP contribution in [0.2, 0.25) is 0 Å². The van der Waals surface area contributed by atoms with Gasteiger partial charge in [0.1, 0.15) is 6.04 Å². The van der Waals surface area contributed by atoms with Crippen LogP contribution < -0.4 is 11.1 Å². The van der Waals surface area contributed by atoms with E-state index in [9.17, 15) is 14.4 Å². The minimum atomic E-state index is -0.940. The van der Waals surface area contributed by atoms with Crippen LogP contribution in [0.4, 0.5) is 0 Å². The third-order valence-corrected chi connectivity index (χ3v) is 3.05. The Kier molecular flexibility index (Phi) is 5.24. The van der Waals surface area contributed by atoms with Gasteiger partial charge in [-0.2, -0.15) is 0 Å². The first kappa shape index (κ1) is 16.1. The van der Waals surface area contributed by atoms with Crippen molar-refractivity contribution >= 4 is 30.1 Å². The molecule has 0 aliphatic carbocycles. The van der Waals surface area contributed by atoms with E-state index >= 15 is 0 Å². The van der Waals surface area contributed by atoms with Crippen molar-refractivity contribution in [2.24, 2.45) is 5.73 Å². The van der Waals surface area contributed by atoms with Crippen molar-refractivity contribution < 1.29 is 19.1 Å². The van der Waals surface area contributed by atoms with Gasteiger partial charge >= 0.3 is 5.97 Å². The highest BCUT2D eigenvalue weighted by Gasteiger charge is 2.33. The molecule has 0 saturated carbocycles. The highest BCUT2D eigenvalue weighted by molar-refractivity contribution is 6.15.